The molecule has 2 N–H and O–H groups in total. The Hall–Kier alpha value is -1.27. The molecule has 0 aliphatic heterocycles. The summed E-state index contributed by atoms with van der Waals surface area (Å²) >= 11 is 0. The summed E-state index contributed by atoms with van der Waals surface area (Å²) in [5.41, 5.74) is 7.12. The van der Waals surface area contributed by atoms with E-state index in [2.05, 4.69) is 11.7 Å². The summed E-state index contributed by atoms with van der Waals surface area (Å²) in [4.78, 5) is -0.313. The molecular weight excluding hydrogens is 204 g/mol. The molecule has 0 radical (unpaired) electrons. The van der Waals surface area contributed by atoms with Crippen molar-refractivity contribution in [1.82, 2.24) is 0 Å². The lowest BCUT2D eigenvalue weighted by molar-refractivity contribution is 0.492. The molecule has 0 unspecified atom stereocenters. The largest absolute Gasteiger partial charge is 0.294 e. The summed E-state index contributed by atoms with van der Waals surface area (Å²) < 4.78 is 30.0. The van der Waals surface area contributed by atoms with Gasteiger partial charge in [-0.15, -0.1) is 0 Å². The van der Waals surface area contributed by atoms with E-state index in [9.17, 15) is 8.42 Å². The van der Waals surface area contributed by atoms with Crippen molar-refractivity contribution in [1.29, 1.82) is 5.53 Å². The molecular formula is C8H12N2O3S. The average Bonchev–Trinajstić information content (AvgIpc) is 2.10. The van der Waals surface area contributed by atoms with Crippen molar-refractivity contribution in [2.75, 3.05) is 0 Å². The van der Waals surface area contributed by atoms with Gasteiger partial charge in [0.2, 0.25) is 0 Å². The second-order valence-electron chi connectivity index (χ2n) is 2.37. The van der Waals surface area contributed by atoms with Crippen molar-refractivity contribution in [3.05, 3.63) is 35.4 Å². The predicted octanol–water partition coefficient (Wildman–Crippen LogP) is 2.27. The van der Waals surface area contributed by atoms with Gasteiger partial charge < -0.3 is 0 Å². The zero-order valence-electron chi connectivity index (χ0n) is 7.77. The molecule has 0 amide bonds. The van der Waals surface area contributed by atoms with Crippen LogP contribution in [0.3, 0.4) is 0 Å². The van der Waals surface area contributed by atoms with Gasteiger partial charge in [-0.25, -0.2) is 5.53 Å². The Bertz CT molecular complexity index is 379. The van der Waals surface area contributed by atoms with Gasteiger partial charge in [-0.1, -0.05) is 13.5 Å². The Kier molecular flexibility index (Phi) is 4.96. The van der Waals surface area contributed by atoms with Crippen LogP contribution in [0.15, 0.2) is 40.5 Å². The van der Waals surface area contributed by atoms with Crippen molar-refractivity contribution >= 4 is 10.1 Å². The maximum absolute atomic E-state index is 10.7. The van der Waals surface area contributed by atoms with Crippen molar-refractivity contribution in [2.24, 2.45) is 5.11 Å². The molecule has 78 valence electrons. The van der Waals surface area contributed by atoms with Gasteiger partial charge in [0.25, 0.3) is 10.1 Å². The van der Waals surface area contributed by atoms with Gasteiger partial charge in [-0.3, -0.25) is 4.55 Å². The molecule has 0 saturated carbocycles. The summed E-state index contributed by atoms with van der Waals surface area (Å²) in [6.07, 6.45) is 4.02. The minimum Gasteiger partial charge on any atom is -0.282 e. The van der Waals surface area contributed by atoms with E-state index >= 15 is 0 Å². The summed E-state index contributed by atoms with van der Waals surface area (Å²) in [7, 11) is -4.23. The zero-order chi connectivity index (χ0) is 11.2. The summed E-state index contributed by atoms with van der Waals surface area (Å²) in [6.45, 7) is 5.02. The maximum atomic E-state index is 10.7. The van der Waals surface area contributed by atoms with Crippen LogP contribution in [0, 0.1) is 5.53 Å². The third-order valence-electron chi connectivity index (χ3n) is 1.44. The van der Waals surface area contributed by atoms with Gasteiger partial charge in [0.15, 0.2) is 0 Å². The van der Waals surface area contributed by atoms with Crippen molar-refractivity contribution in [3.63, 3.8) is 0 Å². The first-order chi connectivity index (χ1) is 6.45. The van der Waals surface area contributed by atoms with Crippen LogP contribution in [-0.4, -0.2) is 13.0 Å². The molecule has 5 nitrogen and oxygen atoms in total. The highest BCUT2D eigenvalue weighted by atomic mass is 32.2. The summed E-state index contributed by atoms with van der Waals surface area (Å²) in [5, 5.41) is 3.15. The minimum atomic E-state index is -4.23. The molecule has 0 bridgehead atoms. The van der Waals surface area contributed by atoms with Crippen LogP contribution >= 0.6 is 0 Å². The lowest BCUT2D eigenvalue weighted by atomic mass is 10.3. The van der Waals surface area contributed by atoms with E-state index in [1.54, 1.807) is 6.92 Å². The van der Waals surface area contributed by atoms with E-state index in [1.807, 2.05) is 0 Å². The lowest BCUT2D eigenvalue weighted by Gasteiger charge is -1.95. The van der Waals surface area contributed by atoms with E-state index in [4.69, 9.17) is 10.1 Å². The van der Waals surface area contributed by atoms with Gasteiger partial charge in [-0.05, 0) is 24.6 Å². The molecule has 0 aliphatic carbocycles. The highest BCUT2D eigenvalue weighted by Gasteiger charge is 2.07. The summed E-state index contributed by atoms with van der Waals surface area (Å²) in [6, 6.07) is 0. The first kappa shape index (κ1) is 12.7. The lowest BCUT2D eigenvalue weighted by Crippen LogP contribution is -1.98. The fourth-order valence-electron chi connectivity index (χ4n) is 0.672. The molecule has 0 heterocycles. The molecule has 0 spiro atoms. The first-order valence-corrected chi connectivity index (χ1v) is 5.28. The molecule has 0 atom stereocenters. The summed E-state index contributed by atoms with van der Waals surface area (Å²) in [5.74, 6) is 0. The molecule has 0 saturated heterocycles. The Labute approximate surface area is 83.1 Å². The third kappa shape index (κ3) is 4.11. The van der Waals surface area contributed by atoms with Crippen molar-refractivity contribution < 1.29 is 13.0 Å². The van der Waals surface area contributed by atoms with E-state index in [-0.39, 0.29) is 4.91 Å². The second kappa shape index (κ2) is 5.46. The van der Waals surface area contributed by atoms with Crippen molar-refractivity contribution in [3.8, 4) is 0 Å². The molecule has 0 aromatic rings. The Morgan fingerprint density at radius 3 is 2.43 bits per heavy atom. The first-order valence-electron chi connectivity index (χ1n) is 3.84. The van der Waals surface area contributed by atoms with Gasteiger partial charge in [0, 0.05) is 0 Å². The Balaban J connectivity index is 5.07. The Morgan fingerprint density at radius 2 is 2.14 bits per heavy atom. The van der Waals surface area contributed by atoms with Gasteiger partial charge >= 0.3 is 0 Å². The smallest absolute Gasteiger partial charge is 0.282 e. The van der Waals surface area contributed by atoms with E-state index in [0.29, 0.717) is 12.1 Å². The van der Waals surface area contributed by atoms with Crippen LogP contribution in [0.1, 0.15) is 13.3 Å². The number of hydrogen-bond acceptors (Lipinski definition) is 4. The van der Waals surface area contributed by atoms with Crippen LogP contribution in [0.2, 0.25) is 0 Å². The molecule has 14 heavy (non-hydrogen) atoms. The topological polar surface area (TPSA) is 90.6 Å². The highest BCUT2D eigenvalue weighted by molar-refractivity contribution is 7.90. The molecule has 0 rings (SSSR count). The molecule has 0 aliphatic rings. The molecule has 6 heteroatoms. The SMILES string of the molecule is C=C/C(=C\C=C(/CC)N=N)S(=O)(=O)O. The van der Waals surface area contributed by atoms with Crippen LogP contribution in [-0.2, 0) is 10.1 Å². The van der Waals surface area contributed by atoms with Gasteiger partial charge in [-0.2, -0.15) is 13.5 Å². The molecule has 0 fully saturated rings. The second-order valence-corrected chi connectivity index (χ2v) is 3.79. The maximum Gasteiger partial charge on any atom is 0.294 e. The van der Waals surface area contributed by atoms with E-state index < -0.39 is 10.1 Å². The fraction of sp³-hybridized carbons (Fsp3) is 0.250. The van der Waals surface area contributed by atoms with E-state index in [0.717, 1.165) is 12.2 Å². The molecule has 0 aromatic heterocycles. The van der Waals surface area contributed by atoms with Crippen LogP contribution < -0.4 is 0 Å². The van der Waals surface area contributed by atoms with E-state index in [1.165, 1.54) is 6.08 Å². The number of hydrogen-bond donors (Lipinski definition) is 2. The Morgan fingerprint density at radius 1 is 1.57 bits per heavy atom. The van der Waals surface area contributed by atoms with Gasteiger partial charge in [0.1, 0.15) is 0 Å². The molecule has 0 aromatic carbocycles. The predicted molar refractivity (Wildman–Crippen MR) is 53.4 cm³/mol. The number of allylic oxidation sites excluding steroid dienone is 4. The standard InChI is InChI=1S/C8H12N2O3S/c1-3-7(10-9)5-6-8(4-2)14(11,12)13/h4-6,9H,2-3H2,1H3,(H,11,12,13)/b7-5+,8-6+,10-9?. The van der Waals surface area contributed by atoms with Crippen molar-refractivity contribution in [2.45, 2.75) is 13.3 Å². The third-order valence-corrected chi connectivity index (χ3v) is 2.34. The van der Waals surface area contributed by atoms with Crippen LogP contribution in [0.4, 0.5) is 0 Å². The van der Waals surface area contributed by atoms with Gasteiger partial charge in [0.05, 0.1) is 10.6 Å². The quantitative estimate of drug-likeness (QED) is 0.419. The van der Waals surface area contributed by atoms with Crippen LogP contribution in [0.5, 0.6) is 0 Å². The zero-order valence-corrected chi connectivity index (χ0v) is 8.58. The average molecular weight is 216 g/mol. The minimum absolute atomic E-state index is 0.313. The normalized spacial score (nSPS) is 13.9. The monoisotopic (exact) mass is 216 g/mol. The fourth-order valence-corrected chi connectivity index (χ4v) is 1.12. The number of nitrogens with one attached hydrogen (secondary N) is 1. The highest BCUT2D eigenvalue weighted by Crippen LogP contribution is 2.08. The number of nitrogens with zero attached hydrogens (tertiary/aromatic N) is 1. The number of rotatable bonds is 5. The van der Waals surface area contributed by atoms with Crippen LogP contribution in [0.25, 0.3) is 0 Å².